The zero-order valence-electron chi connectivity index (χ0n) is 14.9. The zero-order valence-corrected chi connectivity index (χ0v) is 15.7. The van der Waals surface area contributed by atoms with Crippen molar-refractivity contribution in [1.82, 2.24) is 10.3 Å². The summed E-state index contributed by atoms with van der Waals surface area (Å²) in [6, 6.07) is 0. The van der Waals surface area contributed by atoms with Gasteiger partial charge in [0.1, 0.15) is 5.01 Å². The Morgan fingerprint density at radius 1 is 1.05 bits per heavy atom. The van der Waals surface area contributed by atoms with Crippen LogP contribution >= 0.6 is 11.3 Å². The topological polar surface area (TPSA) is 24.9 Å². The molecule has 0 radical (unpaired) electrons. The second-order valence-electron chi connectivity index (χ2n) is 7.31. The van der Waals surface area contributed by atoms with Crippen molar-refractivity contribution in [2.45, 2.75) is 91.0 Å². The Bertz CT molecular complexity index is 406. The van der Waals surface area contributed by atoms with Crippen molar-refractivity contribution in [3.05, 3.63) is 16.1 Å². The molecule has 0 amide bonds. The van der Waals surface area contributed by atoms with Crippen molar-refractivity contribution in [3.63, 3.8) is 0 Å². The number of unbranched alkanes of at least 4 members (excludes halogenated alkanes) is 4. The number of thiazole rings is 1. The lowest BCUT2D eigenvalue weighted by Crippen LogP contribution is -2.39. The van der Waals surface area contributed by atoms with Gasteiger partial charge >= 0.3 is 0 Å². The molecule has 122 valence electrons. The molecule has 0 aromatic carbocycles. The van der Waals surface area contributed by atoms with Crippen molar-refractivity contribution in [2.75, 3.05) is 6.54 Å². The van der Waals surface area contributed by atoms with Gasteiger partial charge in [-0.1, -0.05) is 66.7 Å². The van der Waals surface area contributed by atoms with E-state index < -0.39 is 0 Å². The van der Waals surface area contributed by atoms with Gasteiger partial charge in [-0.2, -0.15) is 0 Å². The lowest BCUT2D eigenvalue weighted by molar-refractivity contribution is 0.330. The summed E-state index contributed by atoms with van der Waals surface area (Å²) in [5.74, 6) is 0. The first-order chi connectivity index (χ1) is 9.83. The highest BCUT2D eigenvalue weighted by atomic mass is 32.1. The number of hydrogen-bond acceptors (Lipinski definition) is 3. The minimum Gasteiger partial charge on any atom is -0.306 e. The number of rotatable bonds is 9. The van der Waals surface area contributed by atoms with Crippen LogP contribution in [0.3, 0.4) is 0 Å². The fraction of sp³-hybridized carbons (Fsp3) is 0.833. The van der Waals surface area contributed by atoms with Gasteiger partial charge < -0.3 is 5.32 Å². The molecule has 0 aliphatic rings. The second-order valence-corrected chi connectivity index (χ2v) is 8.17. The summed E-state index contributed by atoms with van der Waals surface area (Å²) in [6.45, 7) is 14.5. The smallest absolute Gasteiger partial charge is 0.113 e. The normalized spacial score (nSPS) is 15.1. The molecule has 0 saturated carbocycles. The highest BCUT2D eigenvalue weighted by Crippen LogP contribution is 2.33. The van der Waals surface area contributed by atoms with E-state index in [1.165, 1.54) is 49.2 Å². The molecule has 1 unspecified atom stereocenters. The van der Waals surface area contributed by atoms with Gasteiger partial charge in [0.25, 0.3) is 0 Å². The molecule has 0 bridgehead atoms. The maximum absolute atomic E-state index is 4.94. The Morgan fingerprint density at radius 2 is 1.71 bits per heavy atom. The number of aromatic nitrogens is 1. The molecule has 3 heteroatoms. The van der Waals surface area contributed by atoms with Crippen LogP contribution in [0.5, 0.6) is 0 Å². The molecule has 1 N–H and O–H groups in total. The van der Waals surface area contributed by atoms with E-state index >= 15 is 0 Å². The third-order valence-electron chi connectivity index (χ3n) is 4.09. The van der Waals surface area contributed by atoms with Crippen LogP contribution in [0.15, 0.2) is 5.38 Å². The van der Waals surface area contributed by atoms with Crippen molar-refractivity contribution >= 4 is 11.3 Å². The summed E-state index contributed by atoms with van der Waals surface area (Å²) in [7, 11) is 0. The van der Waals surface area contributed by atoms with Crippen LogP contribution in [0.4, 0.5) is 0 Å². The molecule has 0 saturated heterocycles. The third-order valence-corrected chi connectivity index (χ3v) is 5.20. The van der Waals surface area contributed by atoms with Gasteiger partial charge in [0.15, 0.2) is 0 Å². The molecule has 0 fully saturated rings. The monoisotopic (exact) mass is 310 g/mol. The Morgan fingerprint density at radius 3 is 2.24 bits per heavy atom. The highest BCUT2D eigenvalue weighted by Gasteiger charge is 2.30. The maximum Gasteiger partial charge on any atom is 0.113 e. The molecule has 21 heavy (non-hydrogen) atoms. The van der Waals surface area contributed by atoms with E-state index in [4.69, 9.17) is 4.98 Å². The maximum atomic E-state index is 4.94. The number of hydrogen-bond donors (Lipinski definition) is 1. The van der Waals surface area contributed by atoms with E-state index in [9.17, 15) is 0 Å². The van der Waals surface area contributed by atoms with Crippen LogP contribution in [0.2, 0.25) is 0 Å². The van der Waals surface area contributed by atoms with Gasteiger partial charge in [-0.3, -0.25) is 0 Å². The van der Waals surface area contributed by atoms with E-state index in [0.717, 1.165) is 6.54 Å². The Kier molecular flexibility index (Phi) is 7.35. The largest absolute Gasteiger partial charge is 0.306 e. The fourth-order valence-corrected chi connectivity index (χ4v) is 3.83. The number of nitrogens with zero attached hydrogens (tertiary/aromatic N) is 1. The van der Waals surface area contributed by atoms with E-state index in [-0.39, 0.29) is 11.0 Å². The average Bonchev–Trinajstić information content (AvgIpc) is 2.89. The van der Waals surface area contributed by atoms with Gasteiger partial charge in [-0.15, -0.1) is 11.3 Å². The fourth-order valence-electron chi connectivity index (χ4n) is 2.61. The molecule has 2 nitrogen and oxygen atoms in total. The van der Waals surface area contributed by atoms with E-state index in [1.54, 1.807) is 0 Å². The first-order valence-electron chi connectivity index (χ1n) is 8.55. The molecule has 0 aliphatic carbocycles. The van der Waals surface area contributed by atoms with Crippen LogP contribution in [0.1, 0.15) is 90.8 Å². The van der Waals surface area contributed by atoms with Crippen LogP contribution in [-0.4, -0.2) is 11.5 Å². The van der Waals surface area contributed by atoms with Gasteiger partial charge in [-0.05, 0) is 19.9 Å². The van der Waals surface area contributed by atoms with E-state index in [2.05, 4.69) is 52.2 Å². The quantitative estimate of drug-likeness (QED) is 0.598. The minimum absolute atomic E-state index is 0.0368. The standard InChI is InChI=1S/C18H34N2S/c1-7-9-10-11-12-13-18(6,19-8-2)16-20-15(14-21-16)17(3,4)5/h14,19H,7-13H2,1-6H3. The Balaban J connectivity index is 2.72. The Labute approximate surface area is 135 Å². The van der Waals surface area contributed by atoms with Gasteiger partial charge in [0.2, 0.25) is 0 Å². The van der Waals surface area contributed by atoms with Gasteiger partial charge in [-0.25, -0.2) is 4.98 Å². The first-order valence-corrected chi connectivity index (χ1v) is 9.43. The van der Waals surface area contributed by atoms with Crippen LogP contribution in [0, 0.1) is 0 Å². The second kappa shape index (κ2) is 8.28. The summed E-state index contributed by atoms with van der Waals surface area (Å²) < 4.78 is 0. The summed E-state index contributed by atoms with van der Waals surface area (Å²) in [4.78, 5) is 4.94. The number of nitrogens with one attached hydrogen (secondary N) is 1. The lowest BCUT2D eigenvalue weighted by Gasteiger charge is -2.29. The molecule has 0 spiro atoms. The SMILES string of the molecule is CCCCCCCC(C)(NCC)c1nc(C(C)(C)C)cs1. The van der Waals surface area contributed by atoms with Crippen molar-refractivity contribution in [2.24, 2.45) is 0 Å². The average molecular weight is 311 g/mol. The van der Waals surface area contributed by atoms with Gasteiger partial charge in [0.05, 0.1) is 11.2 Å². The van der Waals surface area contributed by atoms with Crippen LogP contribution in [0.25, 0.3) is 0 Å². The van der Waals surface area contributed by atoms with E-state index in [1.807, 2.05) is 11.3 Å². The molecule has 1 aromatic rings. The van der Waals surface area contributed by atoms with Crippen LogP contribution in [-0.2, 0) is 11.0 Å². The first kappa shape index (κ1) is 18.6. The molecule has 1 aromatic heterocycles. The third kappa shape index (κ3) is 5.71. The zero-order chi connectivity index (χ0) is 15.9. The molecule has 1 atom stereocenters. The predicted octanol–water partition coefficient (Wildman–Crippen LogP) is 5.63. The molecular weight excluding hydrogens is 276 g/mol. The molecular formula is C18H34N2S. The van der Waals surface area contributed by atoms with Crippen molar-refractivity contribution in [3.8, 4) is 0 Å². The predicted molar refractivity (Wildman–Crippen MR) is 95.2 cm³/mol. The summed E-state index contributed by atoms with van der Waals surface area (Å²) >= 11 is 1.82. The highest BCUT2D eigenvalue weighted by molar-refractivity contribution is 7.09. The molecule has 1 heterocycles. The van der Waals surface area contributed by atoms with Crippen molar-refractivity contribution in [1.29, 1.82) is 0 Å². The summed E-state index contributed by atoms with van der Waals surface area (Å²) in [5.41, 5.74) is 1.40. The van der Waals surface area contributed by atoms with Crippen LogP contribution < -0.4 is 5.32 Å². The lowest BCUT2D eigenvalue weighted by atomic mass is 9.92. The van der Waals surface area contributed by atoms with E-state index in [0.29, 0.717) is 0 Å². The summed E-state index contributed by atoms with van der Waals surface area (Å²) in [6.07, 6.45) is 7.85. The Hall–Kier alpha value is -0.410. The minimum atomic E-state index is 0.0368. The molecule has 0 aliphatic heterocycles. The summed E-state index contributed by atoms with van der Waals surface area (Å²) in [5, 5.41) is 7.17. The van der Waals surface area contributed by atoms with Gasteiger partial charge in [0, 0.05) is 10.8 Å². The van der Waals surface area contributed by atoms with Crippen molar-refractivity contribution < 1.29 is 0 Å². The molecule has 1 rings (SSSR count).